The predicted molar refractivity (Wildman–Crippen MR) is 89.3 cm³/mol. The second-order valence-corrected chi connectivity index (χ2v) is 7.26. The van der Waals surface area contributed by atoms with Gasteiger partial charge in [0.2, 0.25) is 0 Å². The number of benzene rings is 1. The lowest BCUT2D eigenvalue weighted by Crippen LogP contribution is -2.27. The first kappa shape index (κ1) is 15.8. The Morgan fingerprint density at radius 1 is 1.10 bits per heavy atom. The Kier molecular flexibility index (Phi) is 4.22. The summed E-state index contributed by atoms with van der Waals surface area (Å²) in [5.74, 6) is 0.516. The Bertz CT molecular complexity index is 596. The summed E-state index contributed by atoms with van der Waals surface area (Å²) in [4.78, 5) is 12.8. The molecule has 0 fully saturated rings. The highest BCUT2D eigenvalue weighted by Gasteiger charge is 2.37. The summed E-state index contributed by atoms with van der Waals surface area (Å²) in [6.45, 7) is 13.2. The molecule has 1 aliphatic carbocycles. The van der Waals surface area contributed by atoms with E-state index < -0.39 is 0 Å². The summed E-state index contributed by atoms with van der Waals surface area (Å²) in [6.07, 6.45) is 2.23. The minimum absolute atomic E-state index is 0.0657. The lowest BCUT2D eigenvalue weighted by atomic mass is 9.70. The molecule has 2 rings (SSSR count). The monoisotopic (exact) mass is 282 g/mol. The smallest absolute Gasteiger partial charge is 0.169 e. The van der Waals surface area contributed by atoms with Crippen molar-refractivity contribution in [1.82, 2.24) is 0 Å². The summed E-state index contributed by atoms with van der Waals surface area (Å²) >= 11 is 0. The van der Waals surface area contributed by atoms with Gasteiger partial charge in [0.1, 0.15) is 0 Å². The molecule has 21 heavy (non-hydrogen) atoms. The van der Waals surface area contributed by atoms with Crippen LogP contribution in [0.3, 0.4) is 0 Å². The molecule has 0 radical (unpaired) electrons. The third-order valence-corrected chi connectivity index (χ3v) is 4.59. The Balaban J connectivity index is 2.34. The van der Waals surface area contributed by atoms with Crippen molar-refractivity contribution in [2.75, 3.05) is 0 Å². The molecule has 0 heterocycles. The molecule has 112 valence electrons. The van der Waals surface area contributed by atoms with E-state index in [1.54, 1.807) is 0 Å². The average Bonchev–Trinajstić information content (AvgIpc) is 2.74. The van der Waals surface area contributed by atoms with Crippen molar-refractivity contribution in [3.05, 3.63) is 58.7 Å². The fourth-order valence-corrected chi connectivity index (χ4v) is 3.45. The standard InChI is InChI=1S/C20H26O/c1-13-12-17(18(14(13)2)20(4,5)6)15(3)19(21)16-10-8-7-9-11-16/h7-12,15,18H,1-6H3. The van der Waals surface area contributed by atoms with Crippen molar-refractivity contribution < 1.29 is 4.79 Å². The van der Waals surface area contributed by atoms with Gasteiger partial charge in [-0.05, 0) is 19.3 Å². The molecule has 0 N–H and O–H groups in total. The lowest BCUT2D eigenvalue weighted by Gasteiger charge is -2.33. The first-order valence-corrected chi connectivity index (χ1v) is 7.71. The second-order valence-electron chi connectivity index (χ2n) is 7.26. The number of hydrogen-bond acceptors (Lipinski definition) is 1. The molecular weight excluding hydrogens is 256 g/mol. The van der Waals surface area contributed by atoms with Crippen molar-refractivity contribution in [1.29, 1.82) is 0 Å². The van der Waals surface area contributed by atoms with Gasteiger partial charge in [-0.1, -0.05) is 80.8 Å². The SMILES string of the molecule is CC1=C(C)C(C(C)(C)C)C(C(C)C(=O)c2ccccc2)=C1. The van der Waals surface area contributed by atoms with E-state index in [4.69, 9.17) is 0 Å². The lowest BCUT2D eigenvalue weighted by molar-refractivity contribution is 0.0939. The van der Waals surface area contributed by atoms with Gasteiger partial charge < -0.3 is 0 Å². The highest BCUT2D eigenvalue weighted by atomic mass is 16.1. The molecule has 0 saturated carbocycles. The van der Waals surface area contributed by atoms with Crippen LogP contribution in [0.2, 0.25) is 0 Å². The van der Waals surface area contributed by atoms with Crippen LogP contribution in [0.25, 0.3) is 0 Å². The highest BCUT2D eigenvalue weighted by molar-refractivity contribution is 5.99. The van der Waals surface area contributed by atoms with Crippen LogP contribution in [0.5, 0.6) is 0 Å². The van der Waals surface area contributed by atoms with E-state index >= 15 is 0 Å². The normalized spacial score (nSPS) is 20.5. The number of carbonyl (C=O) groups excluding carboxylic acids is 1. The second kappa shape index (κ2) is 5.63. The van der Waals surface area contributed by atoms with Crippen LogP contribution in [0, 0.1) is 17.3 Å². The Hall–Kier alpha value is -1.63. The number of ketones is 1. The fourth-order valence-electron chi connectivity index (χ4n) is 3.45. The summed E-state index contributed by atoms with van der Waals surface area (Å²) in [7, 11) is 0. The van der Waals surface area contributed by atoms with Crippen molar-refractivity contribution in [3.8, 4) is 0 Å². The van der Waals surface area contributed by atoms with Crippen molar-refractivity contribution in [2.45, 2.75) is 41.5 Å². The van der Waals surface area contributed by atoms with Gasteiger partial charge in [0, 0.05) is 17.4 Å². The molecule has 0 amide bonds. The number of carbonyl (C=O) groups is 1. The molecule has 2 unspecified atom stereocenters. The fraction of sp³-hybridized carbons (Fsp3) is 0.450. The maximum absolute atomic E-state index is 12.8. The Labute approximate surface area is 128 Å². The van der Waals surface area contributed by atoms with E-state index in [-0.39, 0.29) is 17.1 Å². The molecule has 1 aromatic rings. The molecular formula is C20H26O. The summed E-state index contributed by atoms with van der Waals surface area (Å²) < 4.78 is 0. The van der Waals surface area contributed by atoms with E-state index in [0.29, 0.717) is 5.92 Å². The van der Waals surface area contributed by atoms with Crippen LogP contribution < -0.4 is 0 Å². The Morgan fingerprint density at radius 3 is 2.19 bits per heavy atom. The van der Waals surface area contributed by atoms with Gasteiger partial charge >= 0.3 is 0 Å². The topological polar surface area (TPSA) is 17.1 Å². The molecule has 0 spiro atoms. The largest absolute Gasteiger partial charge is 0.294 e. The summed E-state index contributed by atoms with van der Waals surface area (Å²) in [5.41, 5.74) is 4.94. The predicted octanol–water partition coefficient (Wildman–Crippen LogP) is 5.44. The van der Waals surface area contributed by atoms with Crippen molar-refractivity contribution >= 4 is 5.78 Å². The van der Waals surface area contributed by atoms with Gasteiger partial charge in [0.15, 0.2) is 5.78 Å². The van der Waals surface area contributed by atoms with E-state index in [2.05, 4.69) is 40.7 Å². The van der Waals surface area contributed by atoms with Crippen molar-refractivity contribution in [2.24, 2.45) is 17.3 Å². The third-order valence-electron chi connectivity index (χ3n) is 4.59. The molecule has 0 aromatic heterocycles. The number of rotatable bonds is 3. The van der Waals surface area contributed by atoms with Gasteiger partial charge in [-0.3, -0.25) is 4.79 Å². The van der Waals surface area contributed by atoms with E-state index in [1.807, 2.05) is 37.3 Å². The molecule has 1 nitrogen and oxygen atoms in total. The van der Waals surface area contributed by atoms with Crippen molar-refractivity contribution in [3.63, 3.8) is 0 Å². The van der Waals surface area contributed by atoms with Crippen LogP contribution in [-0.2, 0) is 0 Å². The first-order chi connectivity index (χ1) is 9.73. The Morgan fingerprint density at radius 2 is 1.67 bits per heavy atom. The minimum atomic E-state index is -0.0657. The third kappa shape index (κ3) is 3.02. The maximum Gasteiger partial charge on any atom is 0.169 e. The highest BCUT2D eigenvalue weighted by Crippen LogP contribution is 2.46. The molecule has 1 aromatic carbocycles. The first-order valence-electron chi connectivity index (χ1n) is 7.71. The average molecular weight is 282 g/mol. The summed E-state index contributed by atoms with van der Waals surface area (Å²) in [6, 6.07) is 9.63. The molecule has 1 heteroatoms. The van der Waals surface area contributed by atoms with Crippen LogP contribution in [0.4, 0.5) is 0 Å². The molecule has 1 aliphatic rings. The van der Waals surface area contributed by atoms with E-state index in [0.717, 1.165) is 5.56 Å². The zero-order valence-corrected chi connectivity index (χ0v) is 14.0. The zero-order chi connectivity index (χ0) is 15.8. The maximum atomic E-state index is 12.8. The zero-order valence-electron chi connectivity index (χ0n) is 14.0. The quantitative estimate of drug-likeness (QED) is 0.674. The number of Topliss-reactive ketones (excluding diaryl/α,β-unsaturated/α-hetero) is 1. The van der Waals surface area contributed by atoms with Crippen LogP contribution in [0.15, 0.2) is 53.1 Å². The number of allylic oxidation sites excluding steroid dienone is 4. The van der Waals surface area contributed by atoms with Crippen LogP contribution in [-0.4, -0.2) is 5.78 Å². The summed E-state index contributed by atoms with van der Waals surface area (Å²) in [5, 5.41) is 0. The van der Waals surface area contributed by atoms with Gasteiger partial charge in [-0.2, -0.15) is 0 Å². The van der Waals surface area contributed by atoms with Gasteiger partial charge in [0.05, 0.1) is 0 Å². The minimum Gasteiger partial charge on any atom is -0.294 e. The molecule has 0 saturated heterocycles. The van der Waals surface area contributed by atoms with Crippen LogP contribution in [0.1, 0.15) is 51.9 Å². The molecule has 0 bridgehead atoms. The van der Waals surface area contributed by atoms with Gasteiger partial charge in [0.25, 0.3) is 0 Å². The molecule has 0 aliphatic heterocycles. The van der Waals surface area contributed by atoms with Crippen LogP contribution >= 0.6 is 0 Å². The van der Waals surface area contributed by atoms with E-state index in [9.17, 15) is 4.79 Å². The van der Waals surface area contributed by atoms with Gasteiger partial charge in [-0.15, -0.1) is 0 Å². The number of hydrogen-bond donors (Lipinski definition) is 0. The van der Waals surface area contributed by atoms with E-state index in [1.165, 1.54) is 16.7 Å². The van der Waals surface area contributed by atoms with Gasteiger partial charge in [-0.25, -0.2) is 0 Å². The molecule has 2 atom stereocenters.